The van der Waals surface area contributed by atoms with E-state index in [9.17, 15) is 0 Å². The fourth-order valence-corrected chi connectivity index (χ4v) is 0. The molecule has 0 radical (unpaired) electrons. The second-order valence-electron chi connectivity index (χ2n) is 0. The minimum absolute atomic E-state index is 0. The summed E-state index contributed by atoms with van der Waals surface area (Å²) in [5.74, 6) is 0. The molecular formula is CH7NaO2. The fourth-order valence-electron chi connectivity index (χ4n) is 0. The van der Waals surface area contributed by atoms with Crippen molar-refractivity contribution in [2.75, 3.05) is 7.11 Å². The molecule has 0 heterocycles. The van der Waals surface area contributed by atoms with Crippen LogP contribution in [0.4, 0.5) is 0 Å². The first-order chi connectivity index (χ1) is 1.00. The Balaban J connectivity index is -0.00000000500. The van der Waals surface area contributed by atoms with Gasteiger partial charge in [-0.1, -0.05) is 0 Å². The molecule has 0 fully saturated rings. The second-order valence-corrected chi connectivity index (χ2v) is 0. The first kappa shape index (κ1) is 20.5. The van der Waals surface area contributed by atoms with Gasteiger partial charge >= 0.3 is 29.6 Å². The molecule has 0 saturated heterocycles. The normalized spacial score (nSPS) is 1.50. The van der Waals surface area contributed by atoms with Crippen molar-refractivity contribution in [3.05, 3.63) is 0 Å². The molecule has 0 aliphatic heterocycles. The van der Waals surface area contributed by atoms with Crippen LogP contribution in [0.2, 0.25) is 0 Å². The van der Waals surface area contributed by atoms with Crippen LogP contribution in [-0.4, -0.2) is 47.2 Å². The van der Waals surface area contributed by atoms with Gasteiger partial charge in [0.1, 0.15) is 0 Å². The molecule has 0 aliphatic carbocycles. The van der Waals surface area contributed by atoms with Gasteiger partial charge in [-0.25, -0.2) is 0 Å². The van der Waals surface area contributed by atoms with E-state index in [0.29, 0.717) is 0 Å². The molecule has 3 N–H and O–H groups in total. The van der Waals surface area contributed by atoms with Crippen LogP contribution >= 0.6 is 0 Å². The molecule has 0 aromatic heterocycles. The van der Waals surface area contributed by atoms with Gasteiger partial charge in [0, 0.05) is 7.11 Å². The van der Waals surface area contributed by atoms with Crippen molar-refractivity contribution in [1.82, 2.24) is 0 Å². The van der Waals surface area contributed by atoms with Crippen molar-refractivity contribution < 1.29 is 10.6 Å². The van der Waals surface area contributed by atoms with E-state index in [1.54, 1.807) is 0 Å². The van der Waals surface area contributed by atoms with Crippen molar-refractivity contribution in [2.45, 2.75) is 0 Å². The van der Waals surface area contributed by atoms with Crippen LogP contribution in [0, 0.1) is 0 Å². The molecular weight excluding hydrogens is 67.0 g/mol. The van der Waals surface area contributed by atoms with Gasteiger partial charge in [0.2, 0.25) is 0 Å². The van der Waals surface area contributed by atoms with Gasteiger partial charge in [-0.15, -0.1) is 0 Å². The molecule has 0 saturated carbocycles. The van der Waals surface area contributed by atoms with Crippen molar-refractivity contribution >= 4 is 29.6 Å². The zero-order valence-electron chi connectivity index (χ0n) is 1.95. The summed E-state index contributed by atoms with van der Waals surface area (Å²) in [4.78, 5) is 0. The summed E-state index contributed by atoms with van der Waals surface area (Å²) in [6, 6.07) is 0. The van der Waals surface area contributed by atoms with Crippen LogP contribution in [0.15, 0.2) is 0 Å². The number of aliphatic hydroxyl groups is 1. The predicted octanol–water partition coefficient (Wildman–Crippen LogP) is -1.86. The Morgan fingerprint density at radius 2 is 1.25 bits per heavy atom. The van der Waals surface area contributed by atoms with Crippen LogP contribution in [0.5, 0.6) is 0 Å². The molecule has 24 valence electrons. The maximum atomic E-state index is 7.00. The van der Waals surface area contributed by atoms with Crippen molar-refractivity contribution in [3.8, 4) is 0 Å². The Kier molecular flexibility index (Phi) is 202. The van der Waals surface area contributed by atoms with E-state index < -0.39 is 0 Å². The van der Waals surface area contributed by atoms with Gasteiger partial charge in [0.05, 0.1) is 0 Å². The molecule has 0 bridgehead atoms. The van der Waals surface area contributed by atoms with E-state index in [0.717, 1.165) is 7.11 Å². The average molecular weight is 74.1 g/mol. The summed E-state index contributed by atoms with van der Waals surface area (Å²) in [7, 11) is 1.00. The van der Waals surface area contributed by atoms with Crippen LogP contribution in [0.25, 0.3) is 0 Å². The molecule has 0 aromatic rings. The zero-order chi connectivity index (χ0) is 2.00. The van der Waals surface area contributed by atoms with Gasteiger partial charge < -0.3 is 10.6 Å². The predicted molar refractivity (Wildman–Crippen MR) is 18.9 cm³/mol. The third kappa shape index (κ3) is 12.7. The van der Waals surface area contributed by atoms with Crippen molar-refractivity contribution in [1.29, 1.82) is 0 Å². The van der Waals surface area contributed by atoms with Gasteiger partial charge in [-0.2, -0.15) is 0 Å². The molecule has 3 heteroatoms. The van der Waals surface area contributed by atoms with Crippen LogP contribution in [0.1, 0.15) is 0 Å². The number of hydrogen-bond donors (Lipinski definition) is 1. The van der Waals surface area contributed by atoms with Gasteiger partial charge in [-0.3, -0.25) is 0 Å². The number of aliphatic hydroxyl groups excluding tert-OH is 1. The Morgan fingerprint density at radius 1 is 1.25 bits per heavy atom. The van der Waals surface area contributed by atoms with Gasteiger partial charge in [0.15, 0.2) is 0 Å². The molecule has 0 rings (SSSR count). The van der Waals surface area contributed by atoms with E-state index >= 15 is 0 Å². The summed E-state index contributed by atoms with van der Waals surface area (Å²) < 4.78 is 0. The van der Waals surface area contributed by atoms with Crippen LogP contribution in [-0.2, 0) is 0 Å². The Morgan fingerprint density at radius 3 is 1.25 bits per heavy atom. The van der Waals surface area contributed by atoms with E-state index in [2.05, 4.69) is 0 Å². The summed E-state index contributed by atoms with van der Waals surface area (Å²) in [5.41, 5.74) is 0. The Hall–Kier alpha value is 0.920. The molecule has 2 nitrogen and oxygen atoms in total. The van der Waals surface area contributed by atoms with Gasteiger partial charge in [-0.05, 0) is 0 Å². The van der Waals surface area contributed by atoms with E-state index in [1.165, 1.54) is 0 Å². The summed E-state index contributed by atoms with van der Waals surface area (Å²) in [6.07, 6.45) is 0. The summed E-state index contributed by atoms with van der Waals surface area (Å²) in [5, 5.41) is 7.00. The van der Waals surface area contributed by atoms with E-state index in [1.807, 2.05) is 0 Å². The Labute approximate surface area is 47.4 Å². The van der Waals surface area contributed by atoms with E-state index in [-0.39, 0.29) is 35.0 Å². The molecule has 0 unspecified atom stereocenters. The topological polar surface area (TPSA) is 51.7 Å². The number of hydrogen-bond acceptors (Lipinski definition) is 1. The Bertz CT molecular complexity index is 6.00. The quantitative estimate of drug-likeness (QED) is 0.336. The standard InChI is InChI=1S/CH4O.Na.H2O.H/c1-2;;;/h2H,1H3;;1H2;. The SMILES string of the molecule is CO.O.[NaH]. The number of rotatable bonds is 0. The van der Waals surface area contributed by atoms with Crippen LogP contribution < -0.4 is 0 Å². The first-order valence-electron chi connectivity index (χ1n) is 0.447. The second kappa shape index (κ2) is 39.5. The molecule has 0 spiro atoms. The zero-order valence-corrected chi connectivity index (χ0v) is 1.95. The monoisotopic (exact) mass is 74.0 g/mol. The molecule has 0 amide bonds. The van der Waals surface area contributed by atoms with Gasteiger partial charge in [0.25, 0.3) is 0 Å². The third-order valence-corrected chi connectivity index (χ3v) is 0. The first-order valence-corrected chi connectivity index (χ1v) is 0.447. The third-order valence-electron chi connectivity index (χ3n) is 0. The molecule has 0 aliphatic rings. The summed E-state index contributed by atoms with van der Waals surface area (Å²) in [6.45, 7) is 0. The summed E-state index contributed by atoms with van der Waals surface area (Å²) >= 11 is 0. The van der Waals surface area contributed by atoms with E-state index in [4.69, 9.17) is 5.11 Å². The minimum atomic E-state index is 0. The average Bonchev–Trinajstić information content (AvgIpc) is 1.00. The molecule has 4 heavy (non-hydrogen) atoms. The fraction of sp³-hybridized carbons (Fsp3) is 1.00. The molecule has 0 atom stereocenters. The van der Waals surface area contributed by atoms with Crippen molar-refractivity contribution in [3.63, 3.8) is 0 Å². The maximum absolute atomic E-state index is 7.00. The van der Waals surface area contributed by atoms with Crippen LogP contribution in [0.3, 0.4) is 0 Å². The van der Waals surface area contributed by atoms with Crippen molar-refractivity contribution in [2.24, 2.45) is 0 Å². The molecule has 0 aromatic carbocycles.